The molecule has 1 unspecified atom stereocenters. The van der Waals surface area contributed by atoms with Crippen LogP contribution >= 0.6 is 34.4 Å². The fourth-order valence-corrected chi connectivity index (χ4v) is 7.40. The van der Waals surface area contributed by atoms with Gasteiger partial charge >= 0.3 is 0 Å². The third-order valence-electron chi connectivity index (χ3n) is 7.12. The van der Waals surface area contributed by atoms with Crippen molar-refractivity contribution in [3.63, 3.8) is 0 Å². The summed E-state index contributed by atoms with van der Waals surface area (Å²) < 4.78 is 0. The summed E-state index contributed by atoms with van der Waals surface area (Å²) in [7, 11) is 0. The number of nitrogens with one attached hydrogen (secondary N) is 3. The molecule has 7 nitrogen and oxygen atoms in total. The zero-order valence-electron chi connectivity index (χ0n) is 25.8. The van der Waals surface area contributed by atoms with E-state index in [2.05, 4.69) is 16.0 Å². The minimum atomic E-state index is -0.596. The molecule has 0 spiro atoms. The number of carbonyl (C=O) groups is 3. The van der Waals surface area contributed by atoms with E-state index in [0.717, 1.165) is 31.5 Å². The first-order valence-corrected chi connectivity index (χ1v) is 17.6. The summed E-state index contributed by atoms with van der Waals surface area (Å²) in [5.41, 5.74) is 3.74. The Balaban J connectivity index is 1.20. The number of amides is 3. The molecule has 0 fully saturated rings. The van der Waals surface area contributed by atoms with E-state index in [1.165, 1.54) is 34.4 Å². The Kier molecular flexibility index (Phi) is 10.6. The van der Waals surface area contributed by atoms with E-state index < -0.39 is 11.2 Å². The molecule has 0 saturated heterocycles. The highest BCUT2D eigenvalue weighted by atomic mass is 32.2. The maximum Gasteiger partial charge on any atom is 0.272 e. The lowest BCUT2D eigenvalue weighted by Gasteiger charge is -2.17. The standard InChI is InChI=1S/C38H30N4O3S3/c1-25-33(26-13-5-2-6-14-26)41-38(47-25)42-37(45)34(27-15-7-3-8-16-27)48-31-20-11-19-29(23-31)39-36(44)32(24-30-21-12-22-46-30)40-35(43)28-17-9-4-10-18-28/h2-24,34H,1H3,(H,39,44)(H,40,43)(H,41,42,45)/b32-24-. The smallest absolute Gasteiger partial charge is 0.272 e. The van der Waals surface area contributed by atoms with Crippen LogP contribution in [0.1, 0.15) is 30.9 Å². The number of nitrogens with zero attached hydrogens (tertiary/aromatic N) is 1. The fourth-order valence-electron chi connectivity index (χ4n) is 4.83. The van der Waals surface area contributed by atoms with Gasteiger partial charge in [-0.2, -0.15) is 0 Å². The van der Waals surface area contributed by atoms with Crippen LogP contribution in [0, 0.1) is 6.92 Å². The van der Waals surface area contributed by atoms with Crippen molar-refractivity contribution in [2.45, 2.75) is 17.1 Å². The Hall–Kier alpha value is -5.29. The molecule has 0 saturated carbocycles. The second-order valence-corrected chi connectivity index (χ2v) is 13.9. The summed E-state index contributed by atoms with van der Waals surface area (Å²) in [5.74, 6) is -1.07. The van der Waals surface area contributed by atoms with Crippen molar-refractivity contribution in [2.24, 2.45) is 0 Å². The van der Waals surface area contributed by atoms with E-state index in [0.29, 0.717) is 16.4 Å². The Morgan fingerprint density at radius 1 is 0.792 bits per heavy atom. The van der Waals surface area contributed by atoms with Crippen molar-refractivity contribution < 1.29 is 14.4 Å². The predicted molar refractivity (Wildman–Crippen MR) is 197 cm³/mol. The number of aromatic nitrogens is 1. The predicted octanol–water partition coefficient (Wildman–Crippen LogP) is 9.06. The van der Waals surface area contributed by atoms with Gasteiger partial charge in [0.25, 0.3) is 11.8 Å². The fraction of sp³-hybridized carbons (Fsp3) is 0.0526. The van der Waals surface area contributed by atoms with Crippen LogP contribution in [0.4, 0.5) is 10.8 Å². The highest BCUT2D eigenvalue weighted by Crippen LogP contribution is 2.38. The van der Waals surface area contributed by atoms with Crippen LogP contribution in [0.2, 0.25) is 0 Å². The lowest BCUT2D eigenvalue weighted by molar-refractivity contribution is -0.116. The quantitative estimate of drug-likeness (QED) is 0.0933. The largest absolute Gasteiger partial charge is 0.321 e. The summed E-state index contributed by atoms with van der Waals surface area (Å²) in [6.07, 6.45) is 1.65. The molecule has 3 N–H and O–H groups in total. The summed E-state index contributed by atoms with van der Waals surface area (Å²) in [6.45, 7) is 1.99. The number of aryl methyl sites for hydroxylation is 1. The molecule has 238 valence electrons. The summed E-state index contributed by atoms with van der Waals surface area (Å²) >= 11 is 4.26. The number of anilines is 2. The van der Waals surface area contributed by atoms with Crippen LogP contribution in [0.5, 0.6) is 0 Å². The number of benzene rings is 4. The van der Waals surface area contributed by atoms with Crippen molar-refractivity contribution in [1.29, 1.82) is 0 Å². The maximum atomic E-state index is 13.8. The Bertz CT molecular complexity index is 2050. The van der Waals surface area contributed by atoms with Gasteiger partial charge in [0.1, 0.15) is 10.9 Å². The van der Waals surface area contributed by atoms with E-state index in [1.54, 1.807) is 36.4 Å². The van der Waals surface area contributed by atoms with Gasteiger partial charge < -0.3 is 16.0 Å². The zero-order valence-corrected chi connectivity index (χ0v) is 28.2. The second-order valence-electron chi connectivity index (χ2n) is 10.6. The molecule has 1 atom stereocenters. The van der Waals surface area contributed by atoms with Crippen molar-refractivity contribution in [3.8, 4) is 11.3 Å². The molecule has 48 heavy (non-hydrogen) atoms. The first-order valence-electron chi connectivity index (χ1n) is 15.0. The van der Waals surface area contributed by atoms with Crippen molar-refractivity contribution in [3.05, 3.63) is 159 Å². The molecule has 0 bridgehead atoms. The third-order valence-corrected chi connectivity index (χ3v) is 10.1. The molecule has 0 aliphatic rings. The first-order chi connectivity index (χ1) is 23.4. The molecule has 0 aliphatic carbocycles. The van der Waals surface area contributed by atoms with Crippen LogP contribution < -0.4 is 16.0 Å². The normalized spacial score (nSPS) is 11.8. The minimum Gasteiger partial charge on any atom is -0.321 e. The van der Waals surface area contributed by atoms with E-state index in [4.69, 9.17) is 4.98 Å². The van der Waals surface area contributed by atoms with Gasteiger partial charge in [0.05, 0.1) is 5.69 Å². The SMILES string of the molecule is Cc1sc(NC(=O)C(Sc2cccc(NC(=O)/C(=C/c3cccs3)NC(=O)c3ccccc3)c2)c2ccccc2)nc1-c1ccccc1. The molecule has 10 heteroatoms. The van der Waals surface area contributed by atoms with E-state index in [1.807, 2.05) is 109 Å². The van der Waals surface area contributed by atoms with Gasteiger partial charge in [-0.25, -0.2) is 4.98 Å². The van der Waals surface area contributed by atoms with Crippen LogP contribution in [-0.2, 0) is 9.59 Å². The number of rotatable bonds is 11. The second kappa shape index (κ2) is 15.5. The molecule has 6 aromatic rings. The van der Waals surface area contributed by atoms with Crippen LogP contribution in [0.3, 0.4) is 0 Å². The Morgan fingerprint density at radius 3 is 2.21 bits per heavy atom. The first kappa shape index (κ1) is 32.6. The lowest BCUT2D eigenvalue weighted by Crippen LogP contribution is -2.30. The summed E-state index contributed by atoms with van der Waals surface area (Å²) in [6, 6.07) is 39.2. The van der Waals surface area contributed by atoms with Crippen LogP contribution in [-0.4, -0.2) is 22.7 Å². The average molecular weight is 687 g/mol. The van der Waals surface area contributed by atoms with Gasteiger partial charge in [-0.05, 0) is 60.3 Å². The zero-order chi connectivity index (χ0) is 33.3. The van der Waals surface area contributed by atoms with Crippen molar-refractivity contribution >= 4 is 69.1 Å². The minimum absolute atomic E-state index is 0.111. The number of thiazole rings is 1. The van der Waals surface area contributed by atoms with Gasteiger partial charge in [0.2, 0.25) is 5.91 Å². The maximum absolute atomic E-state index is 13.8. The highest BCUT2D eigenvalue weighted by Gasteiger charge is 2.24. The van der Waals surface area contributed by atoms with Crippen LogP contribution in [0.15, 0.2) is 143 Å². The summed E-state index contributed by atoms with van der Waals surface area (Å²) in [5, 5.41) is 10.6. The van der Waals surface area contributed by atoms with E-state index in [-0.39, 0.29) is 17.5 Å². The average Bonchev–Trinajstić information content (AvgIpc) is 3.77. The molecular formula is C38H30N4O3S3. The van der Waals surface area contributed by atoms with Crippen molar-refractivity contribution in [2.75, 3.05) is 10.6 Å². The Morgan fingerprint density at radius 2 is 1.50 bits per heavy atom. The lowest BCUT2D eigenvalue weighted by atomic mass is 10.1. The Labute approximate surface area is 290 Å². The molecule has 3 amide bonds. The number of hydrogen-bond acceptors (Lipinski definition) is 7. The monoisotopic (exact) mass is 686 g/mol. The van der Waals surface area contributed by atoms with E-state index in [9.17, 15) is 14.4 Å². The molecule has 2 heterocycles. The number of thiophene rings is 1. The number of thioether (sulfide) groups is 1. The molecule has 0 aliphatic heterocycles. The van der Waals surface area contributed by atoms with Gasteiger partial charge in [-0.3, -0.25) is 14.4 Å². The topological polar surface area (TPSA) is 100 Å². The molecule has 6 rings (SSSR count). The van der Waals surface area contributed by atoms with E-state index >= 15 is 0 Å². The molecular weight excluding hydrogens is 657 g/mol. The van der Waals surface area contributed by atoms with Gasteiger partial charge in [-0.1, -0.05) is 91.0 Å². The van der Waals surface area contributed by atoms with Crippen LogP contribution in [0.25, 0.3) is 17.3 Å². The van der Waals surface area contributed by atoms with Gasteiger partial charge in [0, 0.05) is 31.5 Å². The molecule has 4 aromatic carbocycles. The highest BCUT2D eigenvalue weighted by molar-refractivity contribution is 8.00. The molecule has 0 radical (unpaired) electrons. The summed E-state index contributed by atoms with van der Waals surface area (Å²) in [4.78, 5) is 47.6. The van der Waals surface area contributed by atoms with Crippen molar-refractivity contribution in [1.82, 2.24) is 10.3 Å². The molecule has 2 aromatic heterocycles. The number of carbonyl (C=O) groups excluding carboxylic acids is 3. The third kappa shape index (κ3) is 8.34. The van der Waals surface area contributed by atoms with Gasteiger partial charge in [0.15, 0.2) is 5.13 Å². The van der Waals surface area contributed by atoms with Gasteiger partial charge in [-0.15, -0.1) is 34.4 Å². The number of hydrogen-bond donors (Lipinski definition) is 3.